The molecule has 9 heteroatoms. The third-order valence-electron chi connectivity index (χ3n) is 5.75. The normalized spacial score (nSPS) is 12.1. The first kappa shape index (κ1) is 26.5. The Morgan fingerprint density at radius 3 is 1.83 bits per heavy atom. The van der Waals surface area contributed by atoms with Crippen molar-refractivity contribution in [2.75, 3.05) is 0 Å². The lowest BCUT2D eigenvalue weighted by Gasteiger charge is -2.22. The average molecular weight is 505 g/mol. The molecule has 0 unspecified atom stereocenters. The van der Waals surface area contributed by atoms with E-state index in [1.165, 1.54) is 13.0 Å². The molecule has 0 N–H and O–H groups in total. The van der Waals surface area contributed by atoms with Crippen molar-refractivity contribution in [1.29, 1.82) is 0 Å². The van der Waals surface area contributed by atoms with Gasteiger partial charge in [0, 0.05) is 0 Å². The van der Waals surface area contributed by atoms with Crippen molar-refractivity contribution in [3.05, 3.63) is 80.9 Å². The van der Waals surface area contributed by atoms with Gasteiger partial charge < -0.3 is 4.18 Å². The summed E-state index contributed by atoms with van der Waals surface area (Å²) in [5.74, 6) is -2.55. The third-order valence-corrected chi connectivity index (χ3v) is 7.11. The van der Waals surface area contributed by atoms with Crippen LogP contribution in [0.1, 0.15) is 81.8 Å². The van der Waals surface area contributed by atoms with Gasteiger partial charge in [-0.05, 0) is 53.5 Å². The topological polar surface area (TPSA) is 78.3 Å². The summed E-state index contributed by atoms with van der Waals surface area (Å²) in [6, 6.07) is 7.75. The molecule has 6 nitrogen and oxygen atoms in total. The predicted octanol–water partition coefficient (Wildman–Crippen LogP) is 5.96. The highest BCUT2D eigenvalue weighted by molar-refractivity contribution is 7.87. The second kappa shape index (κ2) is 9.89. The molecule has 188 valence electrons. The van der Waals surface area contributed by atoms with Crippen molar-refractivity contribution < 1.29 is 21.4 Å². The summed E-state index contributed by atoms with van der Waals surface area (Å²) < 4.78 is 61.7. The van der Waals surface area contributed by atoms with E-state index in [4.69, 9.17) is 4.18 Å². The molecule has 1 aromatic heterocycles. The molecule has 3 rings (SSSR count). The van der Waals surface area contributed by atoms with E-state index in [2.05, 4.69) is 4.98 Å². The molecule has 0 atom stereocenters. The fraction of sp³-hybridized carbons (Fsp3) is 0.385. The molecule has 1 heterocycles. The standard InChI is InChI=1S/C26H30F2N2O4S/c1-14(2)18-11-19(15(3)4)26(20(12-18)16(5)6)35(32,33)34-23-13-24(31)30(17(7)29-23)25-21(27)9-8-10-22(25)28/h8-16H,1-7H3. The number of halogens is 2. The smallest absolute Gasteiger partial charge is 0.341 e. The third kappa shape index (κ3) is 5.29. The zero-order chi connectivity index (χ0) is 26.2. The molecule has 0 fully saturated rings. The van der Waals surface area contributed by atoms with Gasteiger partial charge >= 0.3 is 10.1 Å². The fourth-order valence-corrected chi connectivity index (χ4v) is 5.48. The van der Waals surface area contributed by atoms with Crippen LogP contribution >= 0.6 is 0 Å². The zero-order valence-corrected chi connectivity index (χ0v) is 21.7. The van der Waals surface area contributed by atoms with Gasteiger partial charge in [-0.1, -0.05) is 59.7 Å². The lowest BCUT2D eigenvalue weighted by atomic mass is 9.89. The van der Waals surface area contributed by atoms with Crippen LogP contribution in [-0.4, -0.2) is 18.0 Å². The van der Waals surface area contributed by atoms with Crippen LogP contribution in [0, 0.1) is 18.6 Å². The molecule has 0 radical (unpaired) electrons. The van der Waals surface area contributed by atoms with Crippen molar-refractivity contribution in [3.8, 4) is 11.6 Å². The molecule has 2 aromatic carbocycles. The second-order valence-electron chi connectivity index (χ2n) is 9.42. The number of aryl methyl sites for hydroxylation is 1. The van der Waals surface area contributed by atoms with Gasteiger partial charge in [-0.15, -0.1) is 0 Å². The average Bonchev–Trinajstić information content (AvgIpc) is 2.73. The number of rotatable bonds is 7. The maximum absolute atomic E-state index is 14.3. The molecule has 35 heavy (non-hydrogen) atoms. The summed E-state index contributed by atoms with van der Waals surface area (Å²) in [7, 11) is -4.39. The van der Waals surface area contributed by atoms with Gasteiger partial charge in [0.2, 0.25) is 5.88 Å². The minimum Gasteiger partial charge on any atom is -0.358 e. The lowest BCUT2D eigenvalue weighted by molar-refractivity contribution is 0.468. The van der Waals surface area contributed by atoms with Crippen LogP contribution in [0.2, 0.25) is 0 Å². The SMILES string of the molecule is Cc1nc(OS(=O)(=O)c2c(C(C)C)cc(C(C)C)cc2C(C)C)cc(=O)n1-c1c(F)cccc1F. The van der Waals surface area contributed by atoms with Crippen LogP contribution in [0.5, 0.6) is 5.88 Å². The van der Waals surface area contributed by atoms with Crippen LogP contribution in [0.25, 0.3) is 5.69 Å². The van der Waals surface area contributed by atoms with Gasteiger partial charge in [0.25, 0.3) is 5.56 Å². The van der Waals surface area contributed by atoms with E-state index in [9.17, 15) is 22.0 Å². The van der Waals surface area contributed by atoms with Crippen LogP contribution in [0.4, 0.5) is 8.78 Å². The molecule has 0 aliphatic heterocycles. The van der Waals surface area contributed by atoms with E-state index in [1.54, 1.807) is 0 Å². The van der Waals surface area contributed by atoms with Gasteiger partial charge in [-0.25, -0.2) is 8.78 Å². The molecule has 0 aliphatic rings. The Labute approximate surface area is 204 Å². The van der Waals surface area contributed by atoms with Crippen molar-refractivity contribution in [1.82, 2.24) is 9.55 Å². The van der Waals surface area contributed by atoms with E-state index in [0.29, 0.717) is 11.1 Å². The monoisotopic (exact) mass is 504 g/mol. The van der Waals surface area contributed by atoms with E-state index in [-0.39, 0.29) is 28.5 Å². The number of hydrogen-bond donors (Lipinski definition) is 0. The van der Waals surface area contributed by atoms with E-state index >= 15 is 0 Å². The quantitative estimate of drug-likeness (QED) is 0.371. The number of nitrogens with zero attached hydrogens (tertiary/aromatic N) is 2. The lowest BCUT2D eigenvalue weighted by Crippen LogP contribution is -2.25. The van der Waals surface area contributed by atoms with E-state index < -0.39 is 38.9 Å². The molecule has 0 spiro atoms. The fourth-order valence-electron chi connectivity index (χ4n) is 3.92. The molecule has 0 amide bonds. The van der Waals surface area contributed by atoms with Gasteiger partial charge in [0.1, 0.15) is 28.0 Å². The molecule has 0 bridgehead atoms. The van der Waals surface area contributed by atoms with Crippen molar-refractivity contribution in [2.24, 2.45) is 0 Å². The van der Waals surface area contributed by atoms with Crippen molar-refractivity contribution in [2.45, 2.75) is 71.1 Å². The van der Waals surface area contributed by atoms with E-state index in [1.807, 2.05) is 53.7 Å². The Kier molecular flexibility index (Phi) is 7.50. The molecular weight excluding hydrogens is 474 g/mol. The first-order valence-corrected chi connectivity index (χ1v) is 12.8. The summed E-state index contributed by atoms with van der Waals surface area (Å²) in [6.45, 7) is 13.0. The van der Waals surface area contributed by atoms with Crippen LogP contribution in [-0.2, 0) is 10.1 Å². The van der Waals surface area contributed by atoms with Crippen LogP contribution < -0.4 is 9.74 Å². The summed E-state index contributed by atoms with van der Waals surface area (Å²) in [5, 5.41) is 0. The highest BCUT2D eigenvalue weighted by Gasteiger charge is 2.29. The van der Waals surface area contributed by atoms with Gasteiger partial charge in [0.05, 0.1) is 6.07 Å². The number of hydrogen-bond acceptors (Lipinski definition) is 5. The maximum atomic E-state index is 14.3. The number of para-hydroxylation sites is 1. The highest BCUT2D eigenvalue weighted by Crippen LogP contribution is 2.36. The molecular formula is C26H30F2N2O4S. The molecule has 3 aromatic rings. The first-order valence-electron chi connectivity index (χ1n) is 11.4. The summed E-state index contributed by atoms with van der Waals surface area (Å²) in [5.41, 5.74) is 0.761. The summed E-state index contributed by atoms with van der Waals surface area (Å²) in [6.07, 6.45) is 0. The highest BCUT2D eigenvalue weighted by atomic mass is 32.2. The Morgan fingerprint density at radius 1 is 0.886 bits per heavy atom. The van der Waals surface area contributed by atoms with Crippen LogP contribution in [0.15, 0.2) is 46.1 Å². The molecule has 0 saturated heterocycles. The Bertz CT molecular complexity index is 1380. The summed E-state index contributed by atoms with van der Waals surface area (Å²) >= 11 is 0. The largest absolute Gasteiger partial charge is 0.358 e. The minimum atomic E-state index is -4.39. The number of benzene rings is 2. The Hall–Kier alpha value is -3.07. The second-order valence-corrected chi connectivity index (χ2v) is 10.9. The molecule has 0 saturated carbocycles. The number of aromatic nitrogens is 2. The van der Waals surface area contributed by atoms with Gasteiger partial charge in [-0.2, -0.15) is 13.4 Å². The van der Waals surface area contributed by atoms with Crippen molar-refractivity contribution >= 4 is 10.1 Å². The minimum absolute atomic E-state index is 0.0516. The van der Waals surface area contributed by atoms with E-state index in [0.717, 1.165) is 28.3 Å². The maximum Gasteiger partial charge on any atom is 0.341 e. The van der Waals surface area contributed by atoms with Crippen molar-refractivity contribution in [3.63, 3.8) is 0 Å². The van der Waals surface area contributed by atoms with Crippen LogP contribution in [0.3, 0.4) is 0 Å². The predicted molar refractivity (Wildman–Crippen MR) is 131 cm³/mol. The Morgan fingerprint density at radius 2 is 1.40 bits per heavy atom. The molecule has 0 aliphatic carbocycles. The van der Waals surface area contributed by atoms with Gasteiger partial charge in [0.15, 0.2) is 0 Å². The zero-order valence-electron chi connectivity index (χ0n) is 20.9. The Balaban J connectivity index is 2.16. The summed E-state index contributed by atoms with van der Waals surface area (Å²) in [4.78, 5) is 16.9. The van der Waals surface area contributed by atoms with Gasteiger partial charge in [-0.3, -0.25) is 9.36 Å². The first-order chi connectivity index (χ1) is 16.2.